The third-order valence-corrected chi connectivity index (χ3v) is 6.47. The second-order valence-electron chi connectivity index (χ2n) is 8.26. The molecule has 0 bridgehead atoms. The molecule has 2 N–H and O–H groups in total. The smallest absolute Gasteiger partial charge is 0.411 e. The van der Waals surface area contributed by atoms with Crippen molar-refractivity contribution in [2.75, 3.05) is 13.1 Å². The molecule has 2 aliphatic heterocycles. The molecule has 2 aliphatic rings. The Labute approximate surface area is 184 Å². The van der Waals surface area contributed by atoms with Crippen molar-refractivity contribution in [1.82, 2.24) is 15.2 Å². The van der Waals surface area contributed by atoms with Crippen LogP contribution in [0.15, 0.2) is 54.7 Å². The lowest BCUT2D eigenvalue weighted by Crippen LogP contribution is -2.56. The number of nitrogens with one attached hydrogen (secondary N) is 2. The number of amides is 1. The van der Waals surface area contributed by atoms with E-state index in [9.17, 15) is 14.0 Å². The third-order valence-electron chi connectivity index (χ3n) is 6.47. The van der Waals surface area contributed by atoms with Crippen LogP contribution in [-0.2, 0) is 26.4 Å². The van der Waals surface area contributed by atoms with Gasteiger partial charge in [-0.1, -0.05) is 30.3 Å². The molecule has 2 saturated heterocycles. The van der Waals surface area contributed by atoms with E-state index in [4.69, 9.17) is 9.47 Å². The monoisotopic (exact) mass is 437 g/mol. The number of aromatic nitrogens is 1. The molecule has 0 aliphatic carbocycles. The number of fused-ring (bicyclic) bond motifs is 2. The number of halogens is 1. The molecule has 7 nitrogen and oxygen atoms in total. The van der Waals surface area contributed by atoms with Crippen LogP contribution in [0, 0.1) is 5.82 Å². The second-order valence-corrected chi connectivity index (χ2v) is 8.26. The molecule has 0 radical (unpaired) electrons. The highest BCUT2D eigenvalue weighted by Crippen LogP contribution is 2.49. The minimum absolute atomic E-state index is 0.139. The van der Waals surface area contributed by atoms with E-state index in [1.165, 1.54) is 19.1 Å². The standard InChI is InChI=1S/C24H24FN3O4/c1-15(29)32-22-13-27-21-9-10-28(23(30)31-14-16-5-3-2-4-6-16)24(21,22)19-12-26-20-11-17(25)7-8-18(19)20/h2-8,11-12,21-22,26-27H,9-10,13-14H2,1H3. The lowest BCUT2D eigenvalue weighted by atomic mass is 9.81. The first kappa shape index (κ1) is 20.5. The molecular weight excluding hydrogens is 413 g/mol. The fourth-order valence-electron chi connectivity index (χ4n) is 5.22. The zero-order chi connectivity index (χ0) is 22.3. The third kappa shape index (κ3) is 3.22. The molecule has 166 valence electrons. The van der Waals surface area contributed by atoms with Crippen LogP contribution in [0.2, 0.25) is 0 Å². The number of carbonyl (C=O) groups excluding carboxylic acids is 2. The fourth-order valence-corrected chi connectivity index (χ4v) is 5.22. The molecule has 2 aromatic carbocycles. The lowest BCUT2D eigenvalue weighted by molar-refractivity contribution is -0.151. The summed E-state index contributed by atoms with van der Waals surface area (Å²) in [5.41, 5.74) is 1.32. The van der Waals surface area contributed by atoms with Gasteiger partial charge in [-0.05, 0) is 30.2 Å². The second kappa shape index (κ2) is 7.94. The van der Waals surface area contributed by atoms with Crippen molar-refractivity contribution >= 4 is 23.0 Å². The molecule has 8 heteroatoms. The number of likely N-dealkylation sites (tertiary alicyclic amines) is 1. The first-order valence-corrected chi connectivity index (χ1v) is 10.7. The van der Waals surface area contributed by atoms with Crippen molar-refractivity contribution in [1.29, 1.82) is 0 Å². The van der Waals surface area contributed by atoms with Crippen LogP contribution in [0.25, 0.3) is 10.9 Å². The first-order chi connectivity index (χ1) is 15.5. The number of rotatable bonds is 4. The summed E-state index contributed by atoms with van der Waals surface area (Å²) < 4.78 is 25.2. The average Bonchev–Trinajstić information content (AvgIpc) is 3.45. The van der Waals surface area contributed by atoms with Crippen LogP contribution < -0.4 is 5.32 Å². The number of nitrogens with zero attached hydrogens (tertiary/aromatic N) is 1. The zero-order valence-corrected chi connectivity index (χ0v) is 17.6. The molecule has 3 heterocycles. The molecule has 3 aromatic rings. The van der Waals surface area contributed by atoms with Crippen LogP contribution in [0.3, 0.4) is 0 Å². The fraction of sp³-hybridized carbons (Fsp3) is 0.333. The van der Waals surface area contributed by atoms with Gasteiger partial charge in [0.05, 0.1) is 0 Å². The van der Waals surface area contributed by atoms with Gasteiger partial charge in [0.2, 0.25) is 0 Å². The quantitative estimate of drug-likeness (QED) is 0.611. The highest BCUT2D eigenvalue weighted by molar-refractivity contribution is 5.86. The Morgan fingerprint density at radius 2 is 2.03 bits per heavy atom. The number of carbonyl (C=O) groups is 2. The molecule has 3 atom stereocenters. The summed E-state index contributed by atoms with van der Waals surface area (Å²) in [6, 6.07) is 13.8. The summed E-state index contributed by atoms with van der Waals surface area (Å²) in [5, 5.41) is 4.20. The average molecular weight is 437 g/mol. The van der Waals surface area contributed by atoms with Gasteiger partial charge in [0.25, 0.3) is 0 Å². The van der Waals surface area contributed by atoms with Crippen molar-refractivity contribution in [3.63, 3.8) is 0 Å². The predicted octanol–water partition coefficient (Wildman–Crippen LogP) is 3.45. The van der Waals surface area contributed by atoms with E-state index in [2.05, 4.69) is 10.3 Å². The van der Waals surface area contributed by atoms with Crippen LogP contribution in [-0.4, -0.2) is 47.2 Å². The van der Waals surface area contributed by atoms with Crippen molar-refractivity contribution in [2.45, 2.75) is 37.6 Å². The van der Waals surface area contributed by atoms with Gasteiger partial charge in [-0.3, -0.25) is 9.69 Å². The van der Waals surface area contributed by atoms with E-state index < -0.39 is 23.7 Å². The Bertz CT molecular complexity index is 1160. The molecule has 32 heavy (non-hydrogen) atoms. The molecular formula is C24H24FN3O4. The highest BCUT2D eigenvalue weighted by atomic mass is 19.1. The maximum Gasteiger partial charge on any atom is 0.411 e. The normalized spacial score (nSPS) is 24.5. The van der Waals surface area contributed by atoms with Crippen LogP contribution in [0.1, 0.15) is 24.5 Å². The predicted molar refractivity (Wildman–Crippen MR) is 115 cm³/mol. The van der Waals surface area contributed by atoms with Gasteiger partial charge in [0, 0.05) is 48.7 Å². The number of hydrogen-bond donors (Lipinski definition) is 2. The maximum absolute atomic E-state index is 13.8. The maximum atomic E-state index is 13.8. The number of H-pyrrole nitrogens is 1. The van der Waals surface area contributed by atoms with E-state index in [-0.39, 0.29) is 18.5 Å². The molecule has 1 aromatic heterocycles. The zero-order valence-electron chi connectivity index (χ0n) is 17.6. The number of ether oxygens (including phenoxy) is 2. The Balaban J connectivity index is 1.56. The van der Waals surface area contributed by atoms with Gasteiger partial charge in [0.1, 0.15) is 24.1 Å². The lowest BCUT2D eigenvalue weighted by Gasteiger charge is -2.41. The summed E-state index contributed by atoms with van der Waals surface area (Å²) >= 11 is 0. The Morgan fingerprint density at radius 3 is 2.81 bits per heavy atom. The Morgan fingerprint density at radius 1 is 1.22 bits per heavy atom. The van der Waals surface area contributed by atoms with Crippen LogP contribution in [0.4, 0.5) is 9.18 Å². The van der Waals surface area contributed by atoms with Crippen LogP contribution in [0.5, 0.6) is 0 Å². The SMILES string of the molecule is CC(=O)OC1CNC2CCN(C(=O)OCc3ccccc3)C21c1c[nH]c2cc(F)ccc12. The number of hydrogen-bond acceptors (Lipinski definition) is 5. The summed E-state index contributed by atoms with van der Waals surface area (Å²) in [6.07, 6.45) is 1.37. The van der Waals surface area contributed by atoms with E-state index in [0.717, 1.165) is 16.5 Å². The summed E-state index contributed by atoms with van der Waals surface area (Å²) in [6.45, 7) is 2.35. The molecule has 0 saturated carbocycles. The molecule has 2 fully saturated rings. The number of esters is 1. The minimum atomic E-state index is -0.963. The Kier molecular flexibility index (Phi) is 5.09. The van der Waals surface area contributed by atoms with E-state index in [1.807, 2.05) is 30.3 Å². The highest BCUT2D eigenvalue weighted by Gasteiger charge is 2.63. The van der Waals surface area contributed by atoms with Crippen LogP contribution >= 0.6 is 0 Å². The Hall–Kier alpha value is -3.39. The van der Waals surface area contributed by atoms with E-state index in [1.54, 1.807) is 17.2 Å². The summed E-state index contributed by atoms with van der Waals surface area (Å²) in [4.78, 5) is 30.1. The van der Waals surface area contributed by atoms with Gasteiger partial charge >= 0.3 is 12.1 Å². The molecule has 0 spiro atoms. The van der Waals surface area contributed by atoms with Gasteiger partial charge < -0.3 is 19.8 Å². The number of benzene rings is 2. The van der Waals surface area contributed by atoms with Gasteiger partial charge in [-0.15, -0.1) is 0 Å². The summed E-state index contributed by atoms with van der Waals surface area (Å²) in [7, 11) is 0. The van der Waals surface area contributed by atoms with Crippen molar-refractivity contribution in [2.24, 2.45) is 0 Å². The summed E-state index contributed by atoms with van der Waals surface area (Å²) in [5.74, 6) is -0.779. The topological polar surface area (TPSA) is 83.7 Å². The van der Waals surface area contributed by atoms with Gasteiger partial charge in [0.15, 0.2) is 0 Å². The largest absolute Gasteiger partial charge is 0.458 e. The van der Waals surface area contributed by atoms with Gasteiger partial charge in [-0.2, -0.15) is 0 Å². The van der Waals surface area contributed by atoms with Crippen molar-refractivity contribution in [3.8, 4) is 0 Å². The molecule has 1 amide bonds. The minimum Gasteiger partial charge on any atom is -0.458 e. The van der Waals surface area contributed by atoms with Crippen molar-refractivity contribution < 1.29 is 23.5 Å². The first-order valence-electron chi connectivity index (χ1n) is 10.7. The number of aromatic amines is 1. The van der Waals surface area contributed by atoms with Gasteiger partial charge in [-0.25, -0.2) is 9.18 Å². The molecule has 5 rings (SSSR count). The van der Waals surface area contributed by atoms with Crippen molar-refractivity contribution in [3.05, 3.63) is 71.7 Å². The molecule has 3 unspecified atom stereocenters. The van der Waals surface area contributed by atoms with E-state index in [0.29, 0.717) is 25.0 Å². The van der Waals surface area contributed by atoms with E-state index >= 15 is 0 Å².